The van der Waals surface area contributed by atoms with Gasteiger partial charge >= 0.3 is 5.97 Å². The van der Waals surface area contributed by atoms with E-state index in [0.717, 1.165) is 5.56 Å². The Balaban J connectivity index is 2.00. The summed E-state index contributed by atoms with van der Waals surface area (Å²) in [6.45, 7) is 0. The Morgan fingerprint density at radius 2 is 1.85 bits per heavy atom. The molecule has 4 nitrogen and oxygen atoms in total. The normalized spacial score (nSPS) is 20.9. The van der Waals surface area contributed by atoms with E-state index in [1.165, 1.54) is 6.07 Å². The number of hydrogen-bond donors (Lipinski definition) is 2. The highest BCUT2D eigenvalue weighted by atomic mass is 16.5. The molecular weight excluding hydrogens is 256 g/mol. The summed E-state index contributed by atoms with van der Waals surface area (Å²) in [5, 5.41) is 19.5. The van der Waals surface area contributed by atoms with Crippen LogP contribution >= 0.6 is 0 Å². The third kappa shape index (κ3) is 2.14. The first-order valence-electron chi connectivity index (χ1n) is 6.42. The maximum Gasteiger partial charge on any atom is 0.336 e. The molecule has 0 amide bonds. The van der Waals surface area contributed by atoms with Gasteiger partial charge in [0, 0.05) is 12.0 Å². The quantitative estimate of drug-likeness (QED) is 0.880. The zero-order chi connectivity index (χ0) is 14.1. The van der Waals surface area contributed by atoms with Gasteiger partial charge in [0.1, 0.15) is 11.9 Å². The molecule has 0 saturated carbocycles. The zero-order valence-corrected chi connectivity index (χ0v) is 10.7. The van der Waals surface area contributed by atoms with Crippen LogP contribution in [0, 0.1) is 0 Å². The van der Waals surface area contributed by atoms with Gasteiger partial charge in [0.2, 0.25) is 0 Å². The topological polar surface area (TPSA) is 66.8 Å². The molecule has 0 aliphatic carbocycles. The van der Waals surface area contributed by atoms with Crippen molar-refractivity contribution in [3.8, 4) is 5.75 Å². The van der Waals surface area contributed by atoms with E-state index in [1.807, 2.05) is 30.3 Å². The summed E-state index contributed by atoms with van der Waals surface area (Å²) in [5.41, 5.74) is 1.44. The summed E-state index contributed by atoms with van der Waals surface area (Å²) in [4.78, 5) is 11.2. The van der Waals surface area contributed by atoms with Crippen molar-refractivity contribution in [1.29, 1.82) is 0 Å². The highest BCUT2D eigenvalue weighted by Gasteiger charge is 2.31. The second kappa shape index (κ2) is 4.98. The van der Waals surface area contributed by atoms with Gasteiger partial charge in [0.25, 0.3) is 0 Å². The van der Waals surface area contributed by atoms with Crippen LogP contribution in [0.2, 0.25) is 0 Å². The van der Waals surface area contributed by atoms with Crippen LogP contribution in [-0.4, -0.2) is 16.2 Å². The van der Waals surface area contributed by atoms with E-state index in [-0.39, 0.29) is 11.7 Å². The molecule has 0 spiro atoms. The minimum Gasteiger partial charge on any atom is -0.485 e. The summed E-state index contributed by atoms with van der Waals surface area (Å²) in [5.74, 6) is -0.611. The lowest BCUT2D eigenvalue weighted by Crippen LogP contribution is -2.21. The highest BCUT2D eigenvalue weighted by molar-refractivity contribution is 5.90. The van der Waals surface area contributed by atoms with Crippen molar-refractivity contribution in [2.75, 3.05) is 0 Å². The molecule has 2 atom stereocenters. The van der Waals surface area contributed by atoms with Gasteiger partial charge in [-0.1, -0.05) is 36.4 Å². The van der Waals surface area contributed by atoms with E-state index >= 15 is 0 Å². The molecule has 2 unspecified atom stereocenters. The van der Waals surface area contributed by atoms with Crippen LogP contribution in [0.4, 0.5) is 0 Å². The summed E-state index contributed by atoms with van der Waals surface area (Å²) < 4.78 is 5.86. The molecule has 0 radical (unpaired) electrons. The van der Waals surface area contributed by atoms with E-state index in [4.69, 9.17) is 4.74 Å². The number of benzene rings is 2. The van der Waals surface area contributed by atoms with Gasteiger partial charge in [0.15, 0.2) is 0 Å². The van der Waals surface area contributed by atoms with Gasteiger partial charge in [-0.2, -0.15) is 0 Å². The molecule has 0 saturated heterocycles. The van der Waals surface area contributed by atoms with Gasteiger partial charge in [-0.3, -0.25) is 0 Å². The predicted octanol–water partition coefficient (Wildman–Crippen LogP) is 2.94. The maximum absolute atomic E-state index is 11.2. The van der Waals surface area contributed by atoms with Crippen LogP contribution in [0.5, 0.6) is 5.75 Å². The van der Waals surface area contributed by atoms with E-state index in [9.17, 15) is 15.0 Å². The van der Waals surface area contributed by atoms with Crippen molar-refractivity contribution in [1.82, 2.24) is 0 Å². The predicted molar refractivity (Wildman–Crippen MR) is 72.8 cm³/mol. The summed E-state index contributed by atoms with van der Waals surface area (Å²) >= 11 is 0. The number of aliphatic hydroxyl groups excluding tert-OH is 1. The highest BCUT2D eigenvalue weighted by Crippen LogP contribution is 2.42. The number of carboxylic acids is 1. The van der Waals surface area contributed by atoms with Crippen molar-refractivity contribution in [3.05, 3.63) is 65.2 Å². The fourth-order valence-corrected chi connectivity index (χ4v) is 2.57. The summed E-state index contributed by atoms with van der Waals surface area (Å²) in [6, 6.07) is 14.4. The first-order chi connectivity index (χ1) is 9.66. The maximum atomic E-state index is 11.2. The Kier molecular flexibility index (Phi) is 3.16. The van der Waals surface area contributed by atoms with E-state index < -0.39 is 12.1 Å². The number of carbonyl (C=O) groups is 1. The molecule has 0 aromatic heterocycles. The van der Waals surface area contributed by atoms with Crippen molar-refractivity contribution in [2.45, 2.75) is 18.6 Å². The molecule has 1 heterocycles. The molecule has 2 N–H and O–H groups in total. The zero-order valence-electron chi connectivity index (χ0n) is 10.7. The lowest BCUT2D eigenvalue weighted by Gasteiger charge is -2.30. The second-order valence-corrected chi connectivity index (χ2v) is 4.79. The molecule has 0 fully saturated rings. The lowest BCUT2D eigenvalue weighted by molar-refractivity contribution is 0.0580. The number of aliphatic hydroxyl groups is 1. The van der Waals surface area contributed by atoms with Crippen LogP contribution in [-0.2, 0) is 0 Å². The molecule has 1 aliphatic heterocycles. The molecule has 3 rings (SSSR count). The largest absolute Gasteiger partial charge is 0.485 e. The Labute approximate surface area is 116 Å². The number of ether oxygens (including phenoxy) is 1. The Hall–Kier alpha value is -2.33. The fraction of sp³-hybridized carbons (Fsp3) is 0.188. The summed E-state index contributed by atoms with van der Waals surface area (Å²) in [7, 11) is 0. The molecule has 20 heavy (non-hydrogen) atoms. The fourth-order valence-electron chi connectivity index (χ4n) is 2.57. The van der Waals surface area contributed by atoms with Crippen LogP contribution in [0.15, 0.2) is 48.5 Å². The number of carboxylic acid groups (broad SMARTS) is 1. The first kappa shape index (κ1) is 12.7. The van der Waals surface area contributed by atoms with Gasteiger partial charge in [-0.25, -0.2) is 4.79 Å². The molecule has 0 bridgehead atoms. The van der Waals surface area contributed by atoms with E-state index in [0.29, 0.717) is 17.7 Å². The minimum absolute atomic E-state index is 0.0986. The minimum atomic E-state index is -1.05. The lowest BCUT2D eigenvalue weighted by atomic mass is 9.92. The smallest absolute Gasteiger partial charge is 0.336 e. The number of fused-ring (bicyclic) bond motifs is 1. The van der Waals surface area contributed by atoms with Crippen molar-refractivity contribution in [2.24, 2.45) is 0 Å². The standard InChI is InChI=1S/C16H14O4/c17-12-9-14(10-5-2-1-3-6-10)20-13-8-4-7-11(15(12)13)16(18)19/h1-8,12,14,17H,9H2,(H,18,19). The summed E-state index contributed by atoms with van der Waals surface area (Å²) in [6.07, 6.45) is -0.750. The Morgan fingerprint density at radius 3 is 2.55 bits per heavy atom. The van der Waals surface area contributed by atoms with Gasteiger partial charge in [0.05, 0.1) is 11.7 Å². The molecule has 102 valence electrons. The van der Waals surface area contributed by atoms with E-state index in [1.54, 1.807) is 12.1 Å². The van der Waals surface area contributed by atoms with Crippen LogP contribution in [0.25, 0.3) is 0 Å². The van der Waals surface area contributed by atoms with Gasteiger partial charge < -0.3 is 14.9 Å². The number of aromatic carboxylic acids is 1. The number of hydrogen-bond acceptors (Lipinski definition) is 3. The average Bonchev–Trinajstić information content (AvgIpc) is 2.47. The Bertz CT molecular complexity index is 636. The van der Waals surface area contributed by atoms with Gasteiger partial charge in [-0.05, 0) is 17.7 Å². The van der Waals surface area contributed by atoms with Crippen molar-refractivity contribution in [3.63, 3.8) is 0 Å². The van der Waals surface area contributed by atoms with Crippen LogP contribution in [0.3, 0.4) is 0 Å². The second-order valence-electron chi connectivity index (χ2n) is 4.79. The van der Waals surface area contributed by atoms with Gasteiger partial charge in [-0.15, -0.1) is 0 Å². The third-order valence-corrected chi connectivity index (χ3v) is 3.51. The van der Waals surface area contributed by atoms with E-state index in [2.05, 4.69) is 0 Å². The molecule has 2 aromatic carbocycles. The Morgan fingerprint density at radius 1 is 1.10 bits per heavy atom. The van der Waals surface area contributed by atoms with Crippen LogP contribution < -0.4 is 4.74 Å². The van der Waals surface area contributed by atoms with Crippen LogP contribution in [0.1, 0.15) is 40.1 Å². The number of rotatable bonds is 2. The first-order valence-corrected chi connectivity index (χ1v) is 6.42. The molecule has 1 aliphatic rings. The molecule has 4 heteroatoms. The van der Waals surface area contributed by atoms with Crippen molar-refractivity contribution >= 4 is 5.97 Å². The monoisotopic (exact) mass is 270 g/mol. The SMILES string of the molecule is O=C(O)c1cccc2c1C(O)CC(c1ccccc1)O2. The van der Waals surface area contributed by atoms with Crippen molar-refractivity contribution < 1.29 is 19.7 Å². The average molecular weight is 270 g/mol. The molecule has 2 aromatic rings. The third-order valence-electron chi connectivity index (χ3n) is 3.51. The molecular formula is C16H14O4.